The molecule has 2 rings (SSSR count). The quantitative estimate of drug-likeness (QED) is 0.820. The van der Waals surface area contributed by atoms with Gasteiger partial charge in [-0.25, -0.2) is 4.39 Å². The van der Waals surface area contributed by atoms with Crippen molar-refractivity contribution in [2.45, 2.75) is 12.8 Å². The molecule has 0 aliphatic rings. The topological polar surface area (TPSA) is 17.1 Å². The highest BCUT2D eigenvalue weighted by Crippen LogP contribution is 2.27. The van der Waals surface area contributed by atoms with Gasteiger partial charge < -0.3 is 0 Å². The van der Waals surface area contributed by atoms with Crippen LogP contribution in [0.4, 0.5) is 4.39 Å². The first-order chi connectivity index (χ1) is 9.13. The zero-order valence-electron chi connectivity index (χ0n) is 10.9. The molecular weight excluding hydrogens is 259 g/mol. The monoisotopic (exact) mass is 274 g/mol. The molecule has 0 amide bonds. The van der Waals surface area contributed by atoms with E-state index in [1.807, 2.05) is 36.4 Å². The van der Waals surface area contributed by atoms with Crippen molar-refractivity contribution >= 4 is 16.9 Å². The molecule has 1 nitrogen and oxygen atoms in total. The van der Waals surface area contributed by atoms with Crippen LogP contribution in [0.15, 0.2) is 48.5 Å². The zero-order valence-corrected chi connectivity index (χ0v) is 11.7. The maximum absolute atomic E-state index is 14.1. The Morgan fingerprint density at radius 3 is 2.42 bits per heavy atom. The van der Waals surface area contributed by atoms with Crippen LogP contribution in [-0.4, -0.2) is 11.4 Å². The van der Waals surface area contributed by atoms with E-state index in [1.54, 1.807) is 19.2 Å². The van der Waals surface area contributed by atoms with Crippen molar-refractivity contribution < 1.29 is 9.18 Å². The molecule has 2 aromatic carbocycles. The molecular formula is C16H15FOS. The minimum Gasteiger partial charge on any atom is -0.287 e. The molecule has 1 atom stereocenters. The Hall–Kier alpha value is -1.61. The van der Waals surface area contributed by atoms with Crippen molar-refractivity contribution in [3.63, 3.8) is 0 Å². The third-order valence-corrected chi connectivity index (χ3v) is 3.89. The normalized spacial score (nSPS) is 12.2. The Morgan fingerprint density at radius 2 is 1.84 bits per heavy atom. The number of halogens is 1. The van der Waals surface area contributed by atoms with Crippen LogP contribution in [0.1, 0.15) is 18.4 Å². The van der Waals surface area contributed by atoms with Gasteiger partial charge in [0.2, 0.25) is 0 Å². The molecule has 0 aromatic heterocycles. The van der Waals surface area contributed by atoms with Gasteiger partial charge in [0.1, 0.15) is 5.82 Å². The average molecular weight is 274 g/mol. The fourth-order valence-electron chi connectivity index (χ4n) is 1.97. The molecule has 0 N–H and O–H groups in total. The summed E-state index contributed by atoms with van der Waals surface area (Å²) >= 11 is 1.17. The van der Waals surface area contributed by atoms with E-state index in [-0.39, 0.29) is 16.9 Å². The minimum atomic E-state index is -0.288. The molecule has 0 heterocycles. The summed E-state index contributed by atoms with van der Waals surface area (Å²) in [5.41, 5.74) is 2.13. The first-order valence-electron chi connectivity index (χ1n) is 6.06. The van der Waals surface area contributed by atoms with E-state index in [1.165, 1.54) is 17.8 Å². The molecule has 1 unspecified atom stereocenters. The summed E-state index contributed by atoms with van der Waals surface area (Å²) in [6.45, 7) is 1.80. The third kappa shape index (κ3) is 3.04. The highest BCUT2D eigenvalue weighted by atomic mass is 32.2. The van der Waals surface area contributed by atoms with E-state index in [4.69, 9.17) is 0 Å². The number of hydrogen-bond acceptors (Lipinski definition) is 2. The lowest BCUT2D eigenvalue weighted by atomic mass is 9.98. The first-order valence-corrected chi connectivity index (χ1v) is 7.28. The SMILES string of the molecule is CSC(=O)C(C)c1ccc(-c2ccccc2)c(F)c1. The van der Waals surface area contributed by atoms with E-state index in [0.717, 1.165) is 11.1 Å². The lowest BCUT2D eigenvalue weighted by Crippen LogP contribution is -2.04. The molecule has 0 radical (unpaired) electrons. The lowest BCUT2D eigenvalue weighted by molar-refractivity contribution is -0.111. The Kier molecular flexibility index (Phi) is 4.38. The molecule has 0 aliphatic carbocycles. The Bertz CT molecular complexity index is 581. The predicted octanol–water partition coefficient (Wildman–Crippen LogP) is 4.49. The number of hydrogen-bond donors (Lipinski definition) is 0. The van der Waals surface area contributed by atoms with Gasteiger partial charge in [0.15, 0.2) is 5.12 Å². The van der Waals surface area contributed by atoms with Gasteiger partial charge in [-0.2, -0.15) is 0 Å². The lowest BCUT2D eigenvalue weighted by Gasteiger charge is -2.11. The summed E-state index contributed by atoms with van der Waals surface area (Å²) in [5.74, 6) is -0.571. The van der Waals surface area contributed by atoms with Crippen LogP contribution in [0, 0.1) is 5.82 Å². The summed E-state index contributed by atoms with van der Waals surface area (Å²) in [5, 5.41) is 0.0480. The Balaban J connectivity index is 2.35. The van der Waals surface area contributed by atoms with Crippen LogP contribution in [0.5, 0.6) is 0 Å². The van der Waals surface area contributed by atoms with Crippen molar-refractivity contribution in [1.29, 1.82) is 0 Å². The van der Waals surface area contributed by atoms with Crippen molar-refractivity contribution in [1.82, 2.24) is 0 Å². The van der Waals surface area contributed by atoms with E-state index in [0.29, 0.717) is 5.56 Å². The van der Waals surface area contributed by atoms with Crippen LogP contribution in [0.3, 0.4) is 0 Å². The number of benzene rings is 2. The van der Waals surface area contributed by atoms with E-state index in [2.05, 4.69) is 0 Å². The maximum Gasteiger partial charge on any atom is 0.195 e. The average Bonchev–Trinajstić information content (AvgIpc) is 2.46. The maximum atomic E-state index is 14.1. The molecule has 3 heteroatoms. The van der Waals surface area contributed by atoms with Crippen LogP contribution in [0.2, 0.25) is 0 Å². The molecule has 98 valence electrons. The summed E-state index contributed by atoms with van der Waals surface area (Å²) in [4.78, 5) is 11.6. The summed E-state index contributed by atoms with van der Waals surface area (Å²) in [6.07, 6.45) is 1.74. The van der Waals surface area contributed by atoms with Crippen molar-refractivity contribution in [2.24, 2.45) is 0 Å². The second-order valence-corrected chi connectivity index (χ2v) is 5.16. The van der Waals surface area contributed by atoms with Gasteiger partial charge in [-0.15, -0.1) is 0 Å². The third-order valence-electron chi connectivity index (χ3n) is 3.13. The van der Waals surface area contributed by atoms with Gasteiger partial charge in [-0.3, -0.25) is 4.79 Å². The van der Waals surface area contributed by atoms with E-state index in [9.17, 15) is 9.18 Å². The molecule has 2 aromatic rings. The summed E-state index contributed by atoms with van der Waals surface area (Å²) in [6, 6.07) is 14.4. The number of thioether (sulfide) groups is 1. The van der Waals surface area contributed by atoms with Gasteiger partial charge in [-0.1, -0.05) is 61.2 Å². The molecule has 0 aliphatic heterocycles. The van der Waals surface area contributed by atoms with Gasteiger partial charge in [0, 0.05) is 5.56 Å². The Morgan fingerprint density at radius 1 is 1.16 bits per heavy atom. The molecule has 0 saturated heterocycles. The standard InChI is InChI=1S/C16H15FOS/c1-11(16(18)19-2)13-8-9-14(15(17)10-13)12-6-4-3-5-7-12/h3-11H,1-2H3. The number of carbonyl (C=O) groups excluding carboxylic acids is 1. The summed E-state index contributed by atoms with van der Waals surface area (Å²) < 4.78 is 14.1. The van der Waals surface area contributed by atoms with Crippen molar-refractivity contribution in [2.75, 3.05) is 6.26 Å². The molecule has 19 heavy (non-hydrogen) atoms. The fourth-order valence-corrected chi connectivity index (χ4v) is 2.46. The predicted molar refractivity (Wildman–Crippen MR) is 78.8 cm³/mol. The summed E-state index contributed by atoms with van der Waals surface area (Å²) in [7, 11) is 0. The van der Waals surface area contributed by atoms with Gasteiger partial charge in [0.25, 0.3) is 0 Å². The zero-order chi connectivity index (χ0) is 13.8. The first kappa shape index (κ1) is 13.8. The van der Waals surface area contributed by atoms with Crippen LogP contribution < -0.4 is 0 Å². The second-order valence-electron chi connectivity index (χ2n) is 4.35. The second kappa shape index (κ2) is 6.02. The van der Waals surface area contributed by atoms with Crippen molar-refractivity contribution in [3.05, 3.63) is 59.9 Å². The fraction of sp³-hybridized carbons (Fsp3) is 0.188. The van der Waals surface area contributed by atoms with E-state index >= 15 is 0 Å². The minimum absolute atomic E-state index is 0.0480. The number of rotatable bonds is 3. The van der Waals surface area contributed by atoms with Gasteiger partial charge >= 0.3 is 0 Å². The molecule has 0 fully saturated rings. The molecule has 0 spiro atoms. The van der Waals surface area contributed by atoms with Gasteiger partial charge in [-0.05, 0) is 23.4 Å². The van der Waals surface area contributed by atoms with Crippen LogP contribution in [-0.2, 0) is 4.79 Å². The molecule has 0 bridgehead atoms. The number of carbonyl (C=O) groups is 1. The highest BCUT2D eigenvalue weighted by Gasteiger charge is 2.16. The van der Waals surface area contributed by atoms with E-state index < -0.39 is 0 Å². The molecule has 0 saturated carbocycles. The Labute approximate surface area is 116 Å². The van der Waals surface area contributed by atoms with Gasteiger partial charge in [0.05, 0.1) is 5.92 Å². The largest absolute Gasteiger partial charge is 0.287 e. The van der Waals surface area contributed by atoms with Crippen molar-refractivity contribution in [3.8, 4) is 11.1 Å². The van der Waals surface area contributed by atoms with Crippen LogP contribution in [0.25, 0.3) is 11.1 Å². The highest BCUT2D eigenvalue weighted by molar-refractivity contribution is 8.13. The van der Waals surface area contributed by atoms with Crippen LogP contribution >= 0.6 is 11.8 Å². The smallest absolute Gasteiger partial charge is 0.195 e.